The van der Waals surface area contributed by atoms with Gasteiger partial charge in [0.05, 0.1) is 12.2 Å². The summed E-state index contributed by atoms with van der Waals surface area (Å²) in [5, 5.41) is 10.0. The van der Waals surface area contributed by atoms with Crippen molar-refractivity contribution in [3.05, 3.63) is 22.0 Å². The predicted octanol–water partition coefficient (Wildman–Crippen LogP) is 2.56. The second-order valence-electron chi connectivity index (χ2n) is 7.21. The quantitative estimate of drug-likeness (QED) is 0.777. The molecule has 11 heteroatoms. The van der Waals surface area contributed by atoms with E-state index >= 15 is 0 Å². The van der Waals surface area contributed by atoms with Crippen LogP contribution in [0, 0.1) is 13.8 Å². The standard InChI is InChI=1S/C17H23N5O4S2/c1-10-15(11(2)26-21-10)28(24,25)22-8-7-13-14(9-22)27-17(19-13)20-16(23)18-12-5-3-4-6-12/h12H,3-9H2,1-2H3,(H2,18,19,20,23). The molecule has 1 saturated carbocycles. The Morgan fingerprint density at radius 1 is 1.29 bits per heavy atom. The minimum Gasteiger partial charge on any atom is -0.360 e. The number of thiazole rings is 1. The molecule has 0 saturated heterocycles. The molecule has 0 radical (unpaired) electrons. The lowest BCUT2D eigenvalue weighted by Crippen LogP contribution is -2.36. The van der Waals surface area contributed by atoms with Crippen molar-refractivity contribution in [2.45, 2.75) is 63.4 Å². The third-order valence-corrected chi connectivity index (χ3v) is 8.26. The number of carbonyl (C=O) groups excluding carboxylic acids is 1. The number of amides is 2. The molecule has 0 bridgehead atoms. The summed E-state index contributed by atoms with van der Waals surface area (Å²) in [5.74, 6) is 0.290. The minimum absolute atomic E-state index is 0.134. The van der Waals surface area contributed by atoms with E-state index in [9.17, 15) is 13.2 Å². The van der Waals surface area contributed by atoms with E-state index in [2.05, 4.69) is 20.8 Å². The van der Waals surface area contributed by atoms with Gasteiger partial charge in [-0.1, -0.05) is 29.3 Å². The first-order valence-electron chi connectivity index (χ1n) is 9.33. The predicted molar refractivity (Wildman–Crippen MR) is 104 cm³/mol. The van der Waals surface area contributed by atoms with Crippen LogP contribution in [-0.2, 0) is 23.0 Å². The molecule has 2 amide bonds. The first-order chi connectivity index (χ1) is 13.3. The van der Waals surface area contributed by atoms with Crippen molar-refractivity contribution in [1.29, 1.82) is 0 Å². The minimum atomic E-state index is -3.70. The van der Waals surface area contributed by atoms with Gasteiger partial charge in [0.1, 0.15) is 10.6 Å². The summed E-state index contributed by atoms with van der Waals surface area (Å²) in [6.07, 6.45) is 4.81. The van der Waals surface area contributed by atoms with E-state index in [0.717, 1.165) is 36.3 Å². The van der Waals surface area contributed by atoms with E-state index in [1.165, 1.54) is 15.6 Å². The lowest BCUT2D eigenvalue weighted by atomic mass is 10.2. The maximum absolute atomic E-state index is 13.0. The summed E-state index contributed by atoms with van der Waals surface area (Å²) in [7, 11) is -3.70. The molecule has 0 spiro atoms. The number of carbonyl (C=O) groups is 1. The lowest BCUT2D eigenvalue weighted by Gasteiger charge is -2.25. The molecule has 3 heterocycles. The van der Waals surface area contributed by atoms with E-state index in [1.807, 2.05) is 0 Å². The molecule has 2 aromatic rings. The van der Waals surface area contributed by atoms with Gasteiger partial charge in [-0.3, -0.25) is 5.32 Å². The van der Waals surface area contributed by atoms with Crippen LogP contribution in [0.15, 0.2) is 9.42 Å². The monoisotopic (exact) mass is 425 g/mol. The van der Waals surface area contributed by atoms with Crippen molar-refractivity contribution < 1.29 is 17.7 Å². The zero-order valence-electron chi connectivity index (χ0n) is 15.8. The number of anilines is 1. The maximum atomic E-state index is 13.0. The molecular formula is C17H23N5O4S2. The molecule has 1 aliphatic carbocycles. The van der Waals surface area contributed by atoms with E-state index in [1.54, 1.807) is 13.8 Å². The number of aromatic nitrogens is 2. The highest BCUT2D eigenvalue weighted by Crippen LogP contribution is 2.32. The van der Waals surface area contributed by atoms with Gasteiger partial charge in [0.25, 0.3) is 0 Å². The normalized spacial score (nSPS) is 18.2. The molecule has 28 heavy (non-hydrogen) atoms. The Kier molecular flexibility index (Phi) is 5.15. The van der Waals surface area contributed by atoms with Crippen molar-refractivity contribution in [2.75, 3.05) is 11.9 Å². The van der Waals surface area contributed by atoms with Crippen LogP contribution in [0.5, 0.6) is 0 Å². The van der Waals surface area contributed by atoms with Gasteiger partial charge in [-0.2, -0.15) is 4.31 Å². The second-order valence-corrected chi connectivity index (χ2v) is 10.2. The summed E-state index contributed by atoms with van der Waals surface area (Å²) in [6.45, 7) is 3.78. The highest BCUT2D eigenvalue weighted by atomic mass is 32.2. The zero-order chi connectivity index (χ0) is 19.9. The van der Waals surface area contributed by atoms with Crippen molar-refractivity contribution in [2.24, 2.45) is 0 Å². The van der Waals surface area contributed by atoms with E-state index < -0.39 is 10.0 Å². The SMILES string of the molecule is Cc1noc(C)c1S(=O)(=O)N1CCc2nc(NC(=O)NC3CCCC3)sc2C1. The third-order valence-electron chi connectivity index (χ3n) is 5.17. The van der Waals surface area contributed by atoms with E-state index in [0.29, 0.717) is 29.6 Å². The molecule has 152 valence electrons. The average molecular weight is 426 g/mol. The highest BCUT2D eigenvalue weighted by Gasteiger charge is 2.34. The summed E-state index contributed by atoms with van der Waals surface area (Å²) < 4.78 is 32.5. The van der Waals surface area contributed by atoms with Crippen molar-refractivity contribution >= 4 is 32.5 Å². The summed E-state index contributed by atoms with van der Waals surface area (Å²) >= 11 is 1.32. The topological polar surface area (TPSA) is 117 Å². The Hall–Kier alpha value is -1.98. The smallest absolute Gasteiger partial charge is 0.321 e. The van der Waals surface area contributed by atoms with Crippen LogP contribution in [-0.4, -0.2) is 41.5 Å². The number of hydrogen-bond acceptors (Lipinski definition) is 7. The molecule has 0 atom stereocenters. The van der Waals surface area contributed by atoms with Crippen LogP contribution in [0.4, 0.5) is 9.93 Å². The van der Waals surface area contributed by atoms with Gasteiger partial charge in [0, 0.05) is 23.9 Å². The van der Waals surface area contributed by atoms with Gasteiger partial charge in [0.2, 0.25) is 10.0 Å². The first kappa shape index (κ1) is 19.3. The van der Waals surface area contributed by atoms with Crippen LogP contribution in [0.2, 0.25) is 0 Å². The number of hydrogen-bond donors (Lipinski definition) is 2. The lowest BCUT2D eigenvalue weighted by molar-refractivity contribution is 0.248. The van der Waals surface area contributed by atoms with Gasteiger partial charge in [-0.15, -0.1) is 0 Å². The van der Waals surface area contributed by atoms with Crippen LogP contribution in [0.1, 0.15) is 47.7 Å². The number of sulfonamides is 1. The number of aryl methyl sites for hydroxylation is 2. The average Bonchev–Trinajstić information content (AvgIpc) is 3.34. The molecule has 9 nitrogen and oxygen atoms in total. The van der Waals surface area contributed by atoms with Crippen molar-refractivity contribution in [3.63, 3.8) is 0 Å². The van der Waals surface area contributed by atoms with E-state index in [4.69, 9.17) is 4.52 Å². The highest BCUT2D eigenvalue weighted by molar-refractivity contribution is 7.89. The molecule has 1 fully saturated rings. The Labute approximate surface area is 167 Å². The fourth-order valence-electron chi connectivity index (χ4n) is 3.79. The summed E-state index contributed by atoms with van der Waals surface area (Å²) in [4.78, 5) is 17.6. The molecule has 0 unspecified atom stereocenters. The van der Waals surface area contributed by atoms with Crippen LogP contribution >= 0.6 is 11.3 Å². The Morgan fingerprint density at radius 3 is 2.71 bits per heavy atom. The maximum Gasteiger partial charge on any atom is 0.321 e. The van der Waals surface area contributed by atoms with Gasteiger partial charge in [-0.05, 0) is 26.7 Å². The number of fused-ring (bicyclic) bond motifs is 1. The second kappa shape index (κ2) is 7.45. The van der Waals surface area contributed by atoms with E-state index in [-0.39, 0.29) is 23.5 Å². The Balaban J connectivity index is 1.46. The molecule has 2 aromatic heterocycles. The summed E-state index contributed by atoms with van der Waals surface area (Å²) in [5.41, 5.74) is 1.20. The van der Waals surface area contributed by atoms with Gasteiger partial charge >= 0.3 is 6.03 Å². The van der Waals surface area contributed by atoms with Crippen LogP contribution < -0.4 is 10.6 Å². The molecule has 1 aliphatic heterocycles. The van der Waals surface area contributed by atoms with Gasteiger partial charge in [0.15, 0.2) is 10.9 Å². The molecule has 0 aromatic carbocycles. The fraction of sp³-hybridized carbons (Fsp3) is 0.588. The largest absolute Gasteiger partial charge is 0.360 e. The number of nitrogens with one attached hydrogen (secondary N) is 2. The van der Waals surface area contributed by atoms with Crippen molar-refractivity contribution in [3.8, 4) is 0 Å². The third kappa shape index (κ3) is 3.65. The van der Waals surface area contributed by atoms with Crippen LogP contribution in [0.25, 0.3) is 0 Å². The summed E-state index contributed by atoms with van der Waals surface area (Å²) in [6, 6.07) is -0.0246. The molecule has 4 rings (SSSR count). The Morgan fingerprint density at radius 2 is 2.04 bits per heavy atom. The fourth-order valence-corrected chi connectivity index (χ4v) is 6.59. The van der Waals surface area contributed by atoms with Gasteiger partial charge < -0.3 is 9.84 Å². The van der Waals surface area contributed by atoms with Crippen LogP contribution in [0.3, 0.4) is 0 Å². The molecule has 2 aliphatic rings. The molecule has 2 N–H and O–H groups in total. The molecular weight excluding hydrogens is 402 g/mol. The van der Waals surface area contributed by atoms with Gasteiger partial charge in [-0.25, -0.2) is 18.2 Å². The first-order valence-corrected chi connectivity index (χ1v) is 11.6. The number of urea groups is 1. The van der Waals surface area contributed by atoms with Crippen molar-refractivity contribution in [1.82, 2.24) is 19.8 Å². The number of nitrogens with zero attached hydrogens (tertiary/aromatic N) is 3. The zero-order valence-corrected chi connectivity index (χ0v) is 17.5. The Bertz CT molecular complexity index is 972. The number of rotatable bonds is 4.